The van der Waals surface area contributed by atoms with Gasteiger partial charge in [0, 0.05) is 53.5 Å². The lowest BCUT2D eigenvalue weighted by molar-refractivity contribution is -0.136. The summed E-state index contributed by atoms with van der Waals surface area (Å²) in [5.74, 6) is -0.373. The van der Waals surface area contributed by atoms with E-state index in [1.807, 2.05) is 30.2 Å². The second-order valence-corrected chi connectivity index (χ2v) is 7.32. The van der Waals surface area contributed by atoms with Crippen molar-refractivity contribution in [3.63, 3.8) is 0 Å². The maximum atomic E-state index is 11.3. The highest BCUT2D eigenvalue weighted by Gasteiger charge is 2.28. The fourth-order valence-electron chi connectivity index (χ4n) is 3.90. The number of carbonyl (C=O) groups is 1. The van der Waals surface area contributed by atoms with Crippen LogP contribution in [-0.4, -0.2) is 30.8 Å². The molecule has 0 spiro atoms. The van der Waals surface area contributed by atoms with Crippen LogP contribution in [0.25, 0.3) is 22.2 Å². The predicted molar refractivity (Wildman–Crippen MR) is 104 cm³/mol. The first-order valence-electron chi connectivity index (χ1n) is 9.60. The summed E-state index contributed by atoms with van der Waals surface area (Å²) >= 11 is 0. The molecule has 0 radical (unpaired) electrons. The molecule has 6 nitrogen and oxygen atoms in total. The number of aromatic nitrogens is 4. The van der Waals surface area contributed by atoms with Gasteiger partial charge in [0.15, 0.2) is 5.65 Å². The SMILES string of the molecule is CCn1ncc2c(-c3cncc(C)c3)c(CCC(=O)O)c(C3CCC3)nc21. The molecule has 0 amide bonds. The van der Waals surface area contributed by atoms with Crippen molar-refractivity contribution in [2.24, 2.45) is 0 Å². The molecule has 0 bridgehead atoms. The number of aliphatic carboxylic acids is 1. The van der Waals surface area contributed by atoms with Crippen molar-refractivity contribution in [3.8, 4) is 11.1 Å². The van der Waals surface area contributed by atoms with Gasteiger partial charge in [0.2, 0.25) is 0 Å². The third-order valence-electron chi connectivity index (χ3n) is 5.46. The summed E-state index contributed by atoms with van der Waals surface area (Å²) in [6.07, 6.45) is 9.57. The van der Waals surface area contributed by atoms with E-state index in [-0.39, 0.29) is 6.42 Å². The Kier molecular flexibility index (Phi) is 4.64. The highest BCUT2D eigenvalue weighted by molar-refractivity contribution is 5.95. The number of nitrogens with zero attached hydrogens (tertiary/aromatic N) is 4. The largest absolute Gasteiger partial charge is 0.481 e. The number of aryl methyl sites for hydroxylation is 2. The minimum atomic E-state index is -0.785. The lowest BCUT2D eigenvalue weighted by Crippen LogP contribution is -2.16. The van der Waals surface area contributed by atoms with Crippen LogP contribution in [0.3, 0.4) is 0 Å². The number of rotatable bonds is 6. The van der Waals surface area contributed by atoms with E-state index in [0.717, 1.165) is 58.4 Å². The monoisotopic (exact) mass is 364 g/mol. The van der Waals surface area contributed by atoms with E-state index >= 15 is 0 Å². The quantitative estimate of drug-likeness (QED) is 0.712. The number of fused-ring (bicyclic) bond motifs is 1. The van der Waals surface area contributed by atoms with Crippen LogP contribution in [0.1, 0.15) is 55.3 Å². The minimum absolute atomic E-state index is 0.0983. The summed E-state index contributed by atoms with van der Waals surface area (Å²) in [7, 11) is 0. The van der Waals surface area contributed by atoms with Gasteiger partial charge in [0.1, 0.15) is 0 Å². The third kappa shape index (κ3) is 3.20. The molecule has 27 heavy (non-hydrogen) atoms. The van der Waals surface area contributed by atoms with Crippen LogP contribution in [0.15, 0.2) is 24.7 Å². The van der Waals surface area contributed by atoms with Gasteiger partial charge in [-0.25, -0.2) is 9.67 Å². The van der Waals surface area contributed by atoms with Crippen molar-refractivity contribution >= 4 is 17.0 Å². The topological polar surface area (TPSA) is 80.9 Å². The molecule has 3 heterocycles. The molecular weight excluding hydrogens is 340 g/mol. The summed E-state index contributed by atoms with van der Waals surface area (Å²) in [5.41, 5.74) is 6.14. The van der Waals surface area contributed by atoms with Crippen molar-refractivity contribution in [2.75, 3.05) is 0 Å². The molecule has 4 rings (SSSR count). The Bertz CT molecular complexity index is 1000. The van der Waals surface area contributed by atoms with Crippen molar-refractivity contribution in [2.45, 2.75) is 58.4 Å². The van der Waals surface area contributed by atoms with Gasteiger partial charge in [-0.3, -0.25) is 9.78 Å². The van der Waals surface area contributed by atoms with Crippen molar-refractivity contribution < 1.29 is 9.90 Å². The van der Waals surface area contributed by atoms with Crippen LogP contribution < -0.4 is 0 Å². The first-order chi connectivity index (χ1) is 13.1. The van der Waals surface area contributed by atoms with E-state index in [4.69, 9.17) is 4.98 Å². The Morgan fingerprint density at radius 2 is 2.11 bits per heavy atom. The third-order valence-corrected chi connectivity index (χ3v) is 5.46. The molecule has 1 N–H and O–H groups in total. The molecule has 0 atom stereocenters. The van der Waals surface area contributed by atoms with Gasteiger partial charge in [0.25, 0.3) is 0 Å². The normalized spacial score (nSPS) is 14.4. The highest BCUT2D eigenvalue weighted by atomic mass is 16.4. The fraction of sp³-hybridized carbons (Fsp3) is 0.429. The van der Waals surface area contributed by atoms with Crippen LogP contribution in [0.5, 0.6) is 0 Å². The molecule has 1 fully saturated rings. The zero-order valence-electron chi connectivity index (χ0n) is 15.8. The predicted octanol–water partition coefficient (Wildman–Crippen LogP) is 4.11. The van der Waals surface area contributed by atoms with Gasteiger partial charge in [0.05, 0.1) is 6.20 Å². The van der Waals surface area contributed by atoms with Gasteiger partial charge < -0.3 is 5.11 Å². The summed E-state index contributed by atoms with van der Waals surface area (Å²) in [5, 5.41) is 14.8. The molecule has 1 aliphatic rings. The number of carboxylic acid groups (broad SMARTS) is 1. The number of hydrogen-bond acceptors (Lipinski definition) is 4. The molecule has 1 saturated carbocycles. The molecule has 3 aromatic heterocycles. The summed E-state index contributed by atoms with van der Waals surface area (Å²) < 4.78 is 1.92. The van der Waals surface area contributed by atoms with Crippen molar-refractivity contribution in [1.29, 1.82) is 0 Å². The lowest BCUT2D eigenvalue weighted by Gasteiger charge is -2.28. The van der Waals surface area contributed by atoms with E-state index in [2.05, 4.69) is 23.1 Å². The lowest BCUT2D eigenvalue weighted by atomic mass is 9.78. The Labute approximate surface area is 158 Å². The zero-order chi connectivity index (χ0) is 19.0. The molecule has 0 saturated heterocycles. The van der Waals surface area contributed by atoms with Gasteiger partial charge >= 0.3 is 5.97 Å². The van der Waals surface area contributed by atoms with Crippen LogP contribution in [0, 0.1) is 6.92 Å². The van der Waals surface area contributed by atoms with E-state index < -0.39 is 5.97 Å². The number of pyridine rings is 2. The van der Waals surface area contributed by atoms with Gasteiger partial charge in [-0.15, -0.1) is 0 Å². The Hall–Kier alpha value is -2.76. The standard InChI is InChI=1S/C21H24N4O2/c1-3-25-21-17(12-23-25)19(15-9-13(2)10-22-11-15)16(7-8-18(26)27)20(24-21)14-5-4-6-14/h9-12,14H,3-8H2,1-2H3,(H,26,27). The van der Waals surface area contributed by atoms with Crippen molar-refractivity contribution in [1.82, 2.24) is 19.7 Å². The summed E-state index contributed by atoms with van der Waals surface area (Å²) in [6.45, 7) is 4.83. The Balaban J connectivity index is 2.01. The van der Waals surface area contributed by atoms with Crippen molar-refractivity contribution in [3.05, 3.63) is 41.5 Å². The van der Waals surface area contributed by atoms with E-state index in [1.165, 1.54) is 6.42 Å². The zero-order valence-corrected chi connectivity index (χ0v) is 15.8. The van der Waals surface area contributed by atoms with Gasteiger partial charge in [-0.05, 0) is 50.3 Å². The number of hydrogen-bond donors (Lipinski definition) is 1. The molecule has 1 aliphatic carbocycles. The van der Waals surface area contributed by atoms with E-state index in [1.54, 1.807) is 0 Å². The molecule has 0 unspecified atom stereocenters. The first-order valence-corrected chi connectivity index (χ1v) is 9.60. The fourth-order valence-corrected chi connectivity index (χ4v) is 3.90. The molecule has 140 valence electrons. The second kappa shape index (κ2) is 7.10. The van der Waals surface area contributed by atoms with Crippen LogP contribution in [-0.2, 0) is 17.8 Å². The average Bonchev–Trinajstić information content (AvgIpc) is 3.00. The molecule has 6 heteroatoms. The Morgan fingerprint density at radius 3 is 2.74 bits per heavy atom. The molecular formula is C21H24N4O2. The first kappa shape index (κ1) is 17.6. The van der Waals surface area contributed by atoms with Crippen LogP contribution in [0.2, 0.25) is 0 Å². The molecule has 0 aromatic carbocycles. The smallest absolute Gasteiger partial charge is 0.303 e. The van der Waals surface area contributed by atoms with Gasteiger partial charge in [-0.1, -0.05) is 6.42 Å². The van der Waals surface area contributed by atoms with E-state index in [0.29, 0.717) is 12.3 Å². The average molecular weight is 364 g/mol. The summed E-state index contributed by atoms with van der Waals surface area (Å²) in [6, 6.07) is 2.11. The summed E-state index contributed by atoms with van der Waals surface area (Å²) in [4.78, 5) is 20.7. The Morgan fingerprint density at radius 1 is 1.30 bits per heavy atom. The second-order valence-electron chi connectivity index (χ2n) is 7.32. The van der Waals surface area contributed by atoms with Gasteiger partial charge in [-0.2, -0.15) is 5.10 Å². The molecule has 0 aliphatic heterocycles. The van der Waals surface area contributed by atoms with Crippen LogP contribution in [0.4, 0.5) is 0 Å². The minimum Gasteiger partial charge on any atom is -0.481 e. The maximum absolute atomic E-state index is 11.3. The maximum Gasteiger partial charge on any atom is 0.303 e. The highest BCUT2D eigenvalue weighted by Crippen LogP contribution is 2.42. The number of carboxylic acids is 1. The van der Waals surface area contributed by atoms with E-state index in [9.17, 15) is 9.90 Å². The van der Waals surface area contributed by atoms with Crippen LogP contribution >= 0.6 is 0 Å². The molecule has 3 aromatic rings.